The molecule has 0 aliphatic carbocycles. The molecule has 1 saturated heterocycles. The highest BCUT2D eigenvalue weighted by atomic mass is 32.2. The van der Waals surface area contributed by atoms with E-state index < -0.39 is 0 Å². The Kier molecular flexibility index (Phi) is 5.35. The van der Waals surface area contributed by atoms with E-state index in [4.69, 9.17) is 0 Å². The van der Waals surface area contributed by atoms with Gasteiger partial charge in [-0.05, 0) is 30.9 Å². The molecular weight excluding hydrogens is 322 g/mol. The lowest BCUT2D eigenvalue weighted by atomic mass is 10.1. The lowest BCUT2D eigenvalue weighted by Crippen LogP contribution is -2.28. The molecule has 0 saturated carbocycles. The number of nitrogens with one attached hydrogen (secondary N) is 1. The Hall–Kier alpha value is -2.08. The summed E-state index contributed by atoms with van der Waals surface area (Å²) in [7, 11) is 0. The molecule has 1 amide bonds. The predicted molar refractivity (Wildman–Crippen MR) is 95.4 cm³/mol. The van der Waals surface area contributed by atoms with Crippen LogP contribution in [-0.4, -0.2) is 39.6 Å². The van der Waals surface area contributed by atoms with Crippen molar-refractivity contribution in [3.05, 3.63) is 58.0 Å². The molecule has 1 aliphatic heterocycles. The molecule has 1 atom stereocenters. The minimum absolute atomic E-state index is 0.0996. The zero-order valence-corrected chi connectivity index (χ0v) is 14.5. The third-order valence-corrected chi connectivity index (χ3v) is 5.29. The van der Waals surface area contributed by atoms with Crippen LogP contribution in [0.1, 0.15) is 29.4 Å². The van der Waals surface area contributed by atoms with Gasteiger partial charge in [-0.2, -0.15) is 0 Å². The number of nitrogens with zero attached hydrogens (tertiary/aromatic N) is 2. The number of thioether (sulfide) groups is 1. The first-order valence-electron chi connectivity index (χ1n) is 8.23. The highest BCUT2D eigenvalue weighted by molar-refractivity contribution is 7.99. The topological polar surface area (TPSA) is 66.1 Å². The second-order valence-electron chi connectivity index (χ2n) is 5.98. The standard InChI is InChI=1S/C18H21N3O2S/c1-2-15-10-16(22)20-18(19-15)24-12-13-8-9-21(11-13)17(23)14-6-4-3-5-7-14/h3-7,10,13H,2,8-9,11-12H2,1H3,(H,19,20,22)/t13-/m1/s1. The van der Waals surface area contributed by atoms with Crippen LogP contribution in [0, 0.1) is 5.92 Å². The lowest BCUT2D eigenvalue weighted by molar-refractivity contribution is 0.0788. The van der Waals surface area contributed by atoms with Crippen LogP contribution in [0.5, 0.6) is 0 Å². The number of H-pyrrole nitrogens is 1. The Morgan fingerprint density at radius 1 is 1.38 bits per heavy atom. The molecule has 6 heteroatoms. The third kappa shape index (κ3) is 4.06. The number of carbonyl (C=O) groups excluding carboxylic acids is 1. The van der Waals surface area contributed by atoms with E-state index in [2.05, 4.69) is 9.97 Å². The van der Waals surface area contributed by atoms with Crippen LogP contribution < -0.4 is 5.56 Å². The van der Waals surface area contributed by atoms with Gasteiger partial charge in [-0.1, -0.05) is 36.9 Å². The molecule has 0 bridgehead atoms. The van der Waals surface area contributed by atoms with Crippen LogP contribution in [0.2, 0.25) is 0 Å². The summed E-state index contributed by atoms with van der Waals surface area (Å²) in [5, 5.41) is 0.673. The fourth-order valence-corrected chi connectivity index (χ4v) is 3.87. The minimum atomic E-state index is -0.100. The zero-order valence-electron chi connectivity index (χ0n) is 13.7. The van der Waals surface area contributed by atoms with Gasteiger partial charge in [-0.25, -0.2) is 4.98 Å². The normalized spacial score (nSPS) is 17.2. The Labute approximate surface area is 145 Å². The molecule has 1 aliphatic rings. The monoisotopic (exact) mass is 343 g/mol. The van der Waals surface area contributed by atoms with Crippen molar-refractivity contribution in [3.8, 4) is 0 Å². The van der Waals surface area contributed by atoms with Crippen molar-refractivity contribution in [2.24, 2.45) is 5.92 Å². The lowest BCUT2D eigenvalue weighted by Gasteiger charge is -2.16. The summed E-state index contributed by atoms with van der Waals surface area (Å²) in [6.45, 7) is 3.54. The Bertz CT molecular complexity index is 760. The number of hydrogen-bond acceptors (Lipinski definition) is 4. The molecule has 0 unspecified atom stereocenters. The number of hydrogen-bond donors (Lipinski definition) is 1. The van der Waals surface area contributed by atoms with E-state index >= 15 is 0 Å². The van der Waals surface area contributed by atoms with Gasteiger partial charge in [-0.15, -0.1) is 0 Å². The number of likely N-dealkylation sites (tertiary alicyclic amines) is 1. The number of aromatic amines is 1. The maximum Gasteiger partial charge on any atom is 0.253 e. The van der Waals surface area contributed by atoms with Crippen LogP contribution in [0.25, 0.3) is 0 Å². The molecule has 1 N–H and O–H groups in total. The van der Waals surface area contributed by atoms with Gasteiger partial charge >= 0.3 is 0 Å². The fraction of sp³-hybridized carbons (Fsp3) is 0.389. The predicted octanol–water partition coefficient (Wildman–Crippen LogP) is 2.59. The molecule has 1 aromatic carbocycles. The average Bonchev–Trinajstić information content (AvgIpc) is 3.08. The van der Waals surface area contributed by atoms with Gasteiger partial charge in [0, 0.05) is 36.2 Å². The SMILES string of the molecule is CCc1cc(=O)[nH]c(SC[C@@H]2CCN(C(=O)c3ccccc3)C2)n1. The van der Waals surface area contributed by atoms with Crippen LogP contribution >= 0.6 is 11.8 Å². The summed E-state index contributed by atoms with van der Waals surface area (Å²) in [5.74, 6) is 1.38. The van der Waals surface area contributed by atoms with Crippen molar-refractivity contribution in [2.45, 2.75) is 24.9 Å². The first kappa shape index (κ1) is 16.8. The summed E-state index contributed by atoms with van der Waals surface area (Å²) in [6, 6.07) is 10.9. The van der Waals surface area contributed by atoms with Gasteiger partial charge in [-0.3, -0.25) is 9.59 Å². The molecule has 2 aromatic rings. The molecule has 0 radical (unpaired) electrons. The summed E-state index contributed by atoms with van der Waals surface area (Å²) < 4.78 is 0. The highest BCUT2D eigenvalue weighted by Crippen LogP contribution is 2.24. The second kappa shape index (κ2) is 7.66. The third-order valence-electron chi connectivity index (χ3n) is 4.18. The van der Waals surface area contributed by atoms with Gasteiger partial charge in [0.15, 0.2) is 5.16 Å². The molecule has 1 fully saturated rings. The smallest absolute Gasteiger partial charge is 0.253 e. The van der Waals surface area contributed by atoms with E-state index in [0.717, 1.165) is 42.9 Å². The molecular formula is C18H21N3O2S. The second-order valence-corrected chi connectivity index (χ2v) is 6.99. The van der Waals surface area contributed by atoms with Gasteiger partial charge in [0.2, 0.25) is 0 Å². The van der Waals surface area contributed by atoms with Gasteiger partial charge in [0.25, 0.3) is 11.5 Å². The van der Waals surface area contributed by atoms with Gasteiger partial charge in [0.1, 0.15) is 0 Å². The Morgan fingerprint density at radius 2 is 2.17 bits per heavy atom. The first-order chi connectivity index (χ1) is 11.7. The largest absolute Gasteiger partial charge is 0.338 e. The number of aryl methyl sites for hydroxylation is 1. The van der Waals surface area contributed by atoms with Crippen molar-refractivity contribution < 1.29 is 4.79 Å². The van der Waals surface area contributed by atoms with E-state index in [9.17, 15) is 9.59 Å². The average molecular weight is 343 g/mol. The molecule has 5 nitrogen and oxygen atoms in total. The van der Waals surface area contributed by atoms with E-state index in [1.165, 1.54) is 0 Å². The summed E-state index contributed by atoms with van der Waals surface area (Å²) >= 11 is 1.57. The van der Waals surface area contributed by atoms with Crippen LogP contribution in [0.4, 0.5) is 0 Å². The summed E-state index contributed by atoms with van der Waals surface area (Å²) in [5.41, 5.74) is 1.46. The highest BCUT2D eigenvalue weighted by Gasteiger charge is 2.27. The maximum absolute atomic E-state index is 12.5. The van der Waals surface area contributed by atoms with E-state index in [-0.39, 0.29) is 11.5 Å². The van der Waals surface area contributed by atoms with Crippen molar-refractivity contribution >= 4 is 17.7 Å². The summed E-state index contributed by atoms with van der Waals surface area (Å²) in [4.78, 5) is 33.2. The maximum atomic E-state index is 12.5. The van der Waals surface area contributed by atoms with Crippen LogP contribution in [0.15, 0.2) is 46.3 Å². The van der Waals surface area contributed by atoms with E-state index in [1.807, 2.05) is 42.2 Å². The van der Waals surface area contributed by atoms with Gasteiger partial charge < -0.3 is 9.88 Å². The van der Waals surface area contributed by atoms with Crippen molar-refractivity contribution in [1.82, 2.24) is 14.9 Å². The van der Waals surface area contributed by atoms with E-state index in [1.54, 1.807) is 17.8 Å². The molecule has 3 rings (SSSR count). The minimum Gasteiger partial charge on any atom is -0.338 e. The number of carbonyl (C=O) groups is 1. The van der Waals surface area contributed by atoms with Gasteiger partial charge in [0.05, 0.1) is 0 Å². The Morgan fingerprint density at radius 3 is 2.92 bits per heavy atom. The van der Waals surface area contributed by atoms with Crippen molar-refractivity contribution in [3.63, 3.8) is 0 Å². The quantitative estimate of drug-likeness (QED) is 0.669. The molecule has 0 spiro atoms. The van der Waals surface area contributed by atoms with Crippen molar-refractivity contribution in [1.29, 1.82) is 0 Å². The van der Waals surface area contributed by atoms with Crippen LogP contribution in [-0.2, 0) is 6.42 Å². The van der Waals surface area contributed by atoms with Crippen molar-refractivity contribution in [2.75, 3.05) is 18.8 Å². The summed E-state index contributed by atoms with van der Waals surface area (Å²) in [6.07, 6.45) is 1.74. The molecule has 1 aromatic heterocycles. The molecule has 24 heavy (non-hydrogen) atoms. The molecule has 2 heterocycles. The molecule has 126 valence electrons. The zero-order chi connectivity index (χ0) is 16.9. The number of rotatable bonds is 5. The Balaban J connectivity index is 1.56. The fourth-order valence-electron chi connectivity index (χ4n) is 2.85. The number of benzene rings is 1. The van der Waals surface area contributed by atoms with E-state index in [0.29, 0.717) is 11.1 Å². The first-order valence-corrected chi connectivity index (χ1v) is 9.21. The number of aromatic nitrogens is 2. The number of amides is 1. The van der Waals surface area contributed by atoms with Crippen LogP contribution in [0.3, 0.4) is 0 Å².